The number of anilines is 1. The van der Waals surface area contributed by atoms with Crippen molar-refractivity contribution in [3.63, 3.8) is 0 Å². The Morgan fingerprint density at radius 3 is 2.88 bits per heavy atom. The average molecular weight is 287 g/mol. The summed E-state index contributed by atoms with van der Waals surface area (Å²) >= 11 is 3.09. The van der Waals surface area contributed by atoms with Gasteiger partial charge in [0.1, 0.15) is 5.82 Å². The van der Waals surface area contributed by atoms with Crippen LogP contribution in [0.1, 0.15) is 12.8 Å². The Morgan fingerprint density at radius 2 is 2.25 bits per heavy atom. The molecule has 2 rings (SSSR count). The maximum absolute atomic E-state index is 12.9. The predicted molar refractivity (Wildman–Crippen MR) is 63.8 cm³/mol. The number of amides is 1. The molecule has 2 N–H and O–H groups in total. The molecule has 1 fully saturated rings. The number of carbonyl (C=O) groups excluding carboxylic acids is 1. The molecule has 1 saturated carbocycles. The number of rotatable bonds is 4. The number of carbonyl (C=O) groups is 1. The maximum atomic E-state index is 12.9. The Kier molecular flexibility index (Phi) is 3.43. The molecule has 3 nitrogen and oxygen atoms in total. The molecule has 1 aliphatic rings. The number of halogens is 2. The zero-order chi connectivity index (χ0) is 11.5. The summed E-state index contributed by atoms with van der Waals surface area (Å²) in [5, 5.41) is 5.80. The Bertz CT molecular complexity index is 407. The molecular formula is C11H12BrFN2O. The molecule has 0 spiro atoms. The summed E-state index contributed by atoms with van der Waals surface area (Å²) in [6.45, 7) is 0.217. The zero-order valence-corrected chi connectivity index (χ0v) is 10.2. The second kappa shape index (κ2) is 4.82. The lowest BCUT2D eigenvalue weighted by atomic mass is 10.3. The van der Waals surface area contributed by atoms with Gasteiger partial charge in [0.25, 0.3) is 0 Å². The fraction of sp³-hybridized carbons (Fsp3) is 0.364. The molecule has 0 bridgehead atoms. The van der Waals surface area contributed by atoms with E-state index in [2.05, 4.69) is 26.6 Å². The van der Waals surface area contributed by atoms with Crippen molar-refractivity contribution < 1.29 is 9.18 Å². The molecule has 1 aliphatic carbocycles. The van der Waals surface area contributed by atoms with E-state index in [1.807, 2.05) is 0 Å². The van der Waals surface area contributed by atoms with Gasteiger partial charge in [0, 0.05) is 11.7 Å². The SMILES string of the molecule is O=C(CNc1ccc(F)c(Br)c1)NC1CC1. The Hall–Kier alpha value is -1.10. The quantitative estimate of drug-likeness (QED) is 0.892. The fourth-order valence-corrected chi connectivity index (χ4v) is 1.67. The van der Waals surface area contributed by atoms with Crippen LogP contribution < -0.4 is 10.6 Å². The molecule has 0 heterocycles. The van der Waals surface area contributed by atoms with E-state index in [9.17, 15) is 9.18 Å². The van der Waals surface area contributed by atoms with Gasteiger partial charge in [-0.05, 0) is 47.0 Å². The van der Waals surface area contributed by atoms with Crippen molar-refractivity contribution in [1.29, 1.82) is 0 Å². The van der Waals surface area contributed by atoms with Crippen LogP contribution in [0.5, 0.6) is 0 Å². The summed E-state index contributed by atoms with van der Waals surface area (Å²) < 4.78 is 13.3. The molecule has 5 heteroatoms. The van der Waals surface area contributed by atoms with Crippen molar-refractivity contribution in [2.75, 3.05) is 11.9 Å². The van der Waals surface area contributed by atoms with Crippen molar-refractivity contribution in [2.45, 2.75) is 18.9 Å². The summed E-state index contributed by atoms with van der Waals surface area (Å²) in [6.07, 6.45) is 2.15. The first kappa shape index (κ1) is 11.4. The molecule has 1 aromatic carbocycles. The van der Waals surface area contributed by atoms with Gasteiger partial charge in [-0.2, -0.15) is 0 Å². The van der Waals surface area contributed by atoms with Gasteiger partial charge in [-0.25, -0.2) is 4.39 Å². The van der Waals surface area contributed by atoms with E-state index < -0.39 is 0 Å². The van der Waals surface area contributed by atoms with Crippen molar-refractivity contribution in [3.05, 3.63) is 28.5 Å². The highest BCUT2D eigenvalue weighted by molar-refractivity contribution is 9.10. The van der Waals surface area contributed by atoms with Crippen LogP contribution in [0.4, 0.5) is 10.1 Å². The van der Waals surface area contributed by atoms with Gasteiger partial charge < -0.3 is 10.6 Å². The van der Waals surface area contributed by atoms with E-state index in [0.717, 1.165) is 18.5 Å². The van der Waals surface area contributed by atoms with Gasteiger partial charge in [-0.1, -0.05) is 0 Å². The molecule has 0 saturated heterocycles. The summed E-state index contributed by atoms with van der Waals surface area (Å²) in [5.41, 5.74) is 0.722. The van der Waals surface area contributed by atoms with Crippen molar-refractivity contribution in [1.82, 2.24) is 5.32 Å². The average Bonchev–Trinajstić information content (AvgIpc) is 3.04. The Balaban J connectivity index is 1.83. The van der Waals surface area contributed by atoms with Crippen molar-refractivity contribution >= 4 is 27.5 Å². The van der Waals surface area contributed by atoms with Gasteiger partial charge in [-0.3, -0.25) is 4.79 Å². The van der Waals surface area contributed by atoms with E-state index >= 15 is 0 Å². The van der Waals surface area contributed by atoms with E-state index in [-0.39, 0.29) is 18.3 Å². The minimum atomic E-state index is -0.312. The predicted octanol–water partition coefficient (Wildman–Crippen LogP) is 2.28. The summed E-state index contributed by atoms with van der Waals surface area (Å²) in [5.74, 6) is -0.337. The summed E-state index contributed by atoms with van der Waals surface area (Å²) in [6, 6.07) is 4.93. The molecule has 0 atom stereocenters. The zero-order valence-electron chi connectivity index (χ0n) is 8.59. The van der Waals surface area contributed by atoms with Gasteiger partial charge >= 0.3 is 0 Å². The van der Waals surface area contributed by atoms with Crippen LogP contribution in [-0.2, 0) is 4.79 Å². The van der Waals surface area contributed by atoms with Gasteiger partial charge in [0.05, 0.1) is 11.0 Å². The second-order valence-electron chi connectivity index (χ2n) is 3.82. The third-order valence-corrected chi connectivity index (χ3v) is 2.92. The Labute approximate surface area is 102 Å². The number of hydrogen-bond acceptors (Lipinski definition) is 2. The molecular weight excluding hydrogens is 275 g/mol. The topological polar surface area (TPSA) is 41.1 Å². The van der Waals surface area contributed by atoms with Crippen LogP contribution in [0.2, 0.25) is 0 Å². The molecule has 0 aliphatic heterocycles. The van der Waals surface area contributed by atoms with E-state index in [0.29, 0.717) is 10.5 Å². The molecule has 1 amide bonds. The number of hydrogen-bond donors (Lipinski definition) is 2. The lowest BCUT2D eigenvalue weighted by Gasteiger charge is -2.07. The minimum absolute atomic E-state index is 0.0250. The molecule has 0 unspecified atom stereocenters. The summed E-state index contributed by atoms with van der Waals surface area (Å²) in [7, 11) is 0. The van der Waals surface area contributed by atoms with Crippen LogP contribution in [0.3, 0.4) is 0 Å². The van der Waals surface area contributed by atoms with Crippen LogP contribution in [0.25, 0.3) is 0 Å². The molecule has 86 valence electrons. The largest absolute Gasteiger partial charge is 0.376 e. The standard InChI is InChI=1S/C11H12BrFN2O/c12-9-5-8(3-4-10(9)13)14-6-11(16)15-7-1-2-7/h3-5,7,14H,1-2,6H2,(H,15,16). The van der Waals surface area contributed by atoms with E-state index in [1.165, 1.54) is 6.07 Å². The van der Waals surface area contributed by atoms with E-state index in [4.69, 9.17) is 0 Å². The second-order valence-corrected chi connectivity index (χ2v) is 4.68. The van der Waals surface area contributed by atoms with Crippen LogP contribution in [0.15, 0.2) is 22.7 Å². The molecule has 0 radical (unpaired) electrons. The normalized spacial score (nSPS) is 14.6. The first-order valence-electron chi connectivity index (χ1n) is 5.13. The lowest BCUT2D eigenvalue weighted by Crippen LogP contribution is -2.31. The van der Waals surface area contributed by atoms with Gasteiger partial charge in [0.15, 0.2) is 0 Å². The highest BCUT2D eigenvalue weighted by atomic mass is 79.9. The first-order chi connectivity index (χ1) is 7.65. The van der Waals surface area contributed by atoms with Gasteiger partial charge in [0.2, 0.25) is 5.91 Å². The molecule has 0 aromatic heterocycles. The maximum Gasteiger partial charge on any atom is 0.239 e. The highest BCUT2D eigenvalue weighted by Crippen LogP contribution is 2.20. The van der Waals surface area contributed by atoms with Crippen molar-refractivity contribution in [3.8, 4) is 0 Å². The van der Waals surface area contributed by atoms with Crippen LogP contribution in [-0.4, -0.2) is 18.5 Å². The number of nitrogens with one attached hydrogen (secondary N) is 2. The smallest absolute Gasteiger partial charge is 0.239 e. The monoisotopic (exact) mass is 286 g/mol. The third-order valence-electron chi connectivity index (χ3n) is 2.32. The molecule has 1 aromatic rings. The summed E-state index contributed by atoms with van der Waals surface area (Å²) in [4.78, 5) is 11.4. The van der Waals surface area contributed by atoms with Crippen LogP contribution >= 0.6 is 15.9 Å². The minimum Gasteiger partial charge on any atom is -0.376 e. The van der Waals surface area contributed by atoms with Crippen molar-refractivity contribution in [2.24, 2.45) is 0 Å². The third kappa shape index (κ3) is 3.20. The lowest BCUT2D eigenvalue weighted by molar-refractivity contribution is -0.119. The first-order valence-corrected chi connectivity index (χ1v) is 5.93. The van der Waals surface area contributed by atoms with Gasteiger partial charge in [-0.15, -0.1) is 0 Å². The molecule has 16 heavy (non-hydrogen) atoms. The fourth-order valence-electron chi connectivity index (χ4n) is 1.29. The Morgan fingerprint density at radius 1 is 1.50 bits per heavy atom. The number of benzene rings is 1. The van der Waals surface area contributed by atoms with Crippen LogP contribution in [0, 0.1) is 5.82 Å². The highest BCUT2D eigenvalue weighted by Gasteiger charge is 2.22. The van der Waals surface area contributed by atoms with E-state index in [1.54, 1.807) is 12.1 Å².